The van der Waals surface area contributed by atoms with Crippen molar-refractivity contribution in [2.24, 2.45) is 5.92 Å². The van der Waals surface area contributed by atoms with Gasteiger partial charge in [0.15, 0.2) is 0 Å². The number of carbonyl (C=O) groups excluding carboxylic acids is 1. The second-order valence-corrected chi connectivity index (χ2v) is 8.76. The van der Waals surface area contributed by atoms with Crippen molar-refractivity contribution in [2.45, 2.75) is 19.8 Å². The normalized spacial score (nSPS) is 15.9. The average molecular weight is 456 g/mol. The number of hydrogen-bond donors (Lipinski definition) is 2. The van der Waals surface area contributed by atoms with Crippen molar-refractivity contribution in [3.8, 4) is 11.4 Å². The van der Waals surface area contributed by atoms with Gasteiger partial charge in [0, 0.05) is 30.3 Å². The molecule has 1 amide bonds. The molecule has 172 valence electrons. The molecule has 2 N–H and O–H groups in total. The van der Waals surface area contributed by atoms with Crippen LogP contribution in [0, 0.1) is 16.0 Å². The number of hydrogen-bond acceptors (Lipinski definition) is 5. The number of rotatable bonds is 5. The number of nitro groups is 1. The number of anilines is 2. The van der Waals surface area contributed by atoms with Gasteiger partial charge in [-0.15, -0.1) is 0 Å². The summed E-state index contributed by atoms with van der Waals surface area (Å²) in [5.74, 6) is 0.703. The quantitative estimate of drug-likeness (QED) is 0.300. The van der Waals surface area contributed by atoms with Crippen LogP contribution >= 0.6 is 0 Å². The van der Waals surface area contributed by atoms with E-state index in [1.807, 2.05) is 47.4 Å². The Bertz CT molecular complexity index is 1350. The van der Waals surface area contributed by atoms with Crippen molar-refractivity contribution in [3.05, 3.63) is 82.4 Å². The molecule has 0 radical (unpaired) electrons. The van der Waals surface area contributed by atoms with E-state index >= 15 is 0 Å². The van der Waals surface area contributed by atoms with Crippen LogP contribution in [0.1, 0.15) is 30.1 Å². The number of aromatic amines is 1. The molecule has 1 aromatic heterocycles. The monoisotopic (exact) mass is 455 g/mol. The van der Waals surface area contributed by atoms with E-state index in [-0.39, 0.29) is 11.3 Å². The van der Waals surface area contributed by atoms with E-state index in [4.69, 9.17) is 0 Å². The summed E-state index contributed by atoms with van der Waals surface area (Å²) in [6.07, 6.45) is 2.12. The third-order valence-corrected chi connectivity index (χ3v) is 6.25. The Labute approximate surface area is 196 Å². The van der Waals surface area contributed by atoms with Gasteiger partial charge in [-0.2, -0.15) is 0 Å². The van der Waals surface area contributed by atoms with Gasteiger partial charge >= 0.3 is 0 Å². The van der Waals surface area contributed by atoms with Crippen LogP contribution in [0.2, 0.25) is 0 Å². The maximum atomic E-state index is 13.1. The molecule has 3 aromatic carbocycles. The summed E-state index contributed by atoms with van der Waals surface area (Å²) in [5.41, 5.74) is 3.79. The van der Waals surface area contributed by atoms with E-state index < -0.39 is 10.8 Å². The Hall–Kier alpha value is -4.20. The van der Waals surface area contributed by atoms with Crippen molar-refractivity contribution in [1.29, 1.82) is 0 Å². The molecule has 0 spiro atoms. The molecule has 1 aliphatic rings. The molecule has 4 aromatic rings. The molecule has 8 heteroatoms. The summed E-state index contributed by atoms with van der Waals surface area (Å²) in [6, 6.07) is 19.8. The second-order valence-electron chi connectivity index (χ2n) is 8.76. The Morgan fingerprint density at radius 2 is 1.94 bits per heavy atom. The van der Waals surface area contributed by atoms with Crippen molar-refractivity contribution in [3.63, 3.8) is 0 Å². The zero-order valence-electron chi connectivity index (χ0n) is 18.8. The number of aromatic nitrogens is 2. The minimum atomic E-state index is -0.412. The number of imidazole rings is 1. The van der Waals surface area contributed by atoms with E-state index in [0.717, 1.165) is 42.5 Å². The van der Waals surface area contributed by atoms with Gasteiger partial charge in [0.25, 0.3) is 11.6 Å². The van der Waals surface area contributed by atoms with Gasteiger partial charge in [-0.25, -0.2) is 4.98 Å². The lowest BCUT2D eigenvalue weighted by atomic mass is 9.99. The first-order valence-electron chi connectivity index (χ1n) is 11.4. The first kappa shape index (κ1) is 21.6. The maximum Gasteiger partial charge on any atom is 0.293 e. The summed E-state index contributed by atoms with van der Waals surface area (Å²) in [4.78, 5) is 34.5. The fraction of sp³-hybridized carbons (Fsp3) is 0.231. The van der Waals surface area contributed by atoms with Crippen LogP contribution in [0.15, 0.2) is 66.7 Å². The number of carbonyl (C=O) groups is 1. The molecule has 1 aliphatic heterocycles. The number of amides is 1. The van der Waals surface area contributed by atoms with Crippen molar-refractivity contribution in [2.75, 3.05) is 23.3 Å². The Morgan fingerprint density at radius 1 is 1.15 bits per heavy atom. The molecule has 8 nitrogen and oxygen atoms in total. The van der Waals surface area contributed by atoms with E-state index in [1.54, 1.807) is 18.2 Å². The predicted octanol–water partition coefficient (Wildman–Crippen LogP) is 5.63. The molecule has 2 heterocycles. The molecule has 1 saturated heterocycles. The number of nitro benzene ring substituents is 1. The standard InChI is InChI=1S/C26H25N5O3/c1-17-7-6-14-30(16-17)23-13-12-18(15-24(23)31(33)34)26(32)29-20-9-3-2-8-19(20)25-27-21-10-4-5-11-22(21)28-25/h2-5,8-13,15,17H,6-7,14,16H2,1H3,(H,27,28)(H,29,32)/t17-/m1/s1. The molecule has 0 unspecified atom stereocenters. The van der Waals surface area contributed by atoms with Gasteiger partial charge < -0.3 is 15.2 Å². The van der Waals surface area contributed by atoms with Crippen LogP contribution in [0.3, 0.4) is 0 Å². The van der Waals surface area contributed by atoms with Crippen LogP contribution in [0.25, 0.3) is 22.4 Å². The molecule has 5 rings (SSSR count). The zero-order valence-corrected chi connectivity index (χ0v) is 18.8. The second kappa shape index (κ2) is 8.97. The van der Waals surface area contributed by atoms with Gasteiger partial charge in [0.2, 0.25) is 0 Å². The van der Waals surface area contributed by atoms with E-state index in [0.29, 0.717) is 23.1 Å². The third kappa shape index (κ3) is 4.22. The minimum Gasteiger partial charge on any atom is -0.366 e. The topological polar surface area (TPSA) is 104 Å². The highest BCUT2D eigenvalue weighted by molar-refractivity contribution is 6.07. The SMILES string of the molecule is C[C@@H]1CCCN(c2ccc(C(=O)Nc3ccccc3-c3nc4ccccc4[nH]3)cc2[N+](=O)[O-])C1. The lowest BCUT2D eigenvalue weighted by molar-refractivity contribution is -0.384. The van der Waals surface area contributed by atoms with Crippen molar-refractivity contribution < 1.29 is 9.72 Å². The van der Waals surface area contributed by atoms with Crippen LogP contribution in [-0.2, 0) is 0 Å². The molecule has 1 atom stereocenters. The van der Waals surface area contributed by atoms with Crippen molar-refractivity contribution in [1.82, 2.24) is 9.97 Å². The number of nitrogens with one attached hydrogen (secondary N) is 2. The number of fused-ring (bicyclic) bond motifs is 1. The highest BCUT2D eigenvalue weighted by Gasteiger charge is 2.25. The van der Waals surface area contributed by atoms with Gasteiger partial charge in [0.1, 0.15) is 11.5 Å². The van der Waals surface area contributed by atoms with Crippen LogP contribution in [0.4, 0.5) is 17.1 Å². The lowest BCUT2D eigenvalue weighted by Gasteiger charge is -2.32. The lowest BCUT2D eigenvalue weighted by Crippen LogP contribution is -2.34. The van der Waals surface area contributed by atoms with Crippen LogP contribution in [-0.4, -0.2) is 33.9 Å². The maximum absolute atomic E-state index is 13.1. The summed E-state index contributed by atoms with van der Waals surface area (Å²) in [7, 11) is 0. The number of para-hydroxylation sites is 3. The fourth-order valence-corrected chi connectivity index (χ4v) is 4.56. The Kier molecular flexibility index (Phi) is 5.71. The summed E-state index contributed by atoms with van der Waals surface area (Å²) in [6.45, 7) is 3.71. The average Bonchev–Trinajstić information content (AvgIpc) is 3.28. The van der Waals surface area contributed by atoms with Gasteiger partial charge in [-0.3, -0.25) is 14.9 Å². The fourth-order valence-electron chi connectivity index (χ4n) is 4.56. The van der Waals surface area contributed by atoms with Crippen LogP contribution < -0.4 is 10.2 Å². The molecule has 0 bridgehead atoms. The molecule has 1 fully saturated rings. The molecular formula is C26H25N5O3. The first-order chi connectivity index (χ1) is 16.5. The van der Waals surface area contributed by atoms with Crippen molar-refractivity contribution >= 4 is 34.0 Å². The molecule has 0 saturated carbocycles. The minimum absolute atomic E-state index is 0.0488. The number of nitrogens with zero attached hydrogens (tertiary/aromatic N) is 3. The van der Waals surface area contributed by atoms with Gasteiger partial charge in [-0.1, -0.05) is 31.2 Å². The van der Waals surface area contributed by atoms with Gasteiger partial charge in [-0.05, 0) is 55.2 Å². The summed E-state index contributed by atoms with van der Waals surface area (Å²) in [5, 5.41) is 14.7. The zero-order chi connectivity index (χ0) is 23.7. The number of H-pyrrole nitrogens is 1. The highest BCUT2D eigenvalue weighted by atomic mass is 16.6. The van der Waals surface area contributed by atoms with Gasteiger partial charge in [0.05, 0.1) is 21.6 Å². The summed E-state index contributed by atoms with van der Waals surface area (Å²) < 4.78 is 0. The largest absolute Gasteiger partial charge is 0.366 e. The van der Waals surface area contributed by atoms with E-state index in [9.17, 15) is 14.9 Å². The van der Waals surface area contributed by atoms with Crippen LogP contribution in [0.5, 0.6) is 0 Å². The number of benzene rings is 3. The third-order valence-electron chi connectivity index (χ3n) is 6.25. The molecular weight excluding hydrogens is 430 g/mol. The summed E-state index contributed by atoms with van der Waals surface area (Å²) >= 11 is 0. The molecule has 0 aliphatic carbocycles. The smallest absolute Gasteiger partial charge is 0.293 e. The van der Waals surface area contributed by atoms with E-state index in [1.165, 1.54) is 6.07 Å². The number of piperidine rings is 1. The highest BCUT2D eigenvalue weighted by Crippen LogP contribution is 2.33. The Balaban J connectivity index is 1.44. The Morgan fingerprint density at radius 3 is 2.74 bits per heavy atom. The molecule has 34 heavy (non-hydrogen) atoms. The van der Waals surface area contributed by atoms with E-state index in [2.05, 4.69) is 22.2 Å². The predicted molar refractivity (Wildman–Crippen MR) is 133 cm³/mol. The first-order valence-corrected chi connectivity index (χ1v) is 11.4.